The molecule has 0 amide bonds. The van der Waals surface area contributed by atoms with Crippen molar-refractivity contribution in [2.75, 3.05) is 5.32 Å². The number of halogens is 1. The van der Waals surface area contributed by atoms with Crippen molar-refractivity contribution in [3.05, 3.63) is 65.7 Å². The van der Waals surface area contributed by atoms with Crippen LogP contribution in [0.2, 0.25) is 0 Å². The first kappa shape index (κ1) is 12.2. The Labute approximate surface area is 117 Å². The molecule has 1 aliphatic rings. The van der Waals surface area contributed by atoms with Crippen LogP contribution in [0.25, 0.3) is 0 Å². The van der Waals surface area contributed by atoms with Crippen LogP contribution in [-0.2, 0) is 6.54 Å². The van der Waals surface area contributed by atoms with Crippen LogP contribution in [0, 0.1) is 6.07 Å². The van der Waals surface area contributed by atoms with Gasteiger partial charge in [0.2, 0.25) is 0 Å². The Balaban J connectivity index is 1.72. The second-order valence-corrected chi connectivity index (χ2v) is 4.90. The van der Waals surface area contributed by atoms with Gasteiger partial charge in [-0.2, -0.15) is 0 Å². The number of rotatable bonds is 3. The highest BCUT2D eigenvalue weighted by molar-refractivity contribution is 6.25. The predicted octanol–water partition coefficient (Wildman–Crippen LogP) is 2.97. The molecule has 1 unspecified atom stereocenters. The van der Waals surface area contributed by atoms with Crippen molar-refractivity contribution in [3.63, 3.8) is 0 Å². The summed E-state index contributed by atoms with van der Waals surface area (Å²) in [6.45, 7) is 0.639. The summed E-state index contributed by atoms with van der Waals surface area (Å²) in [5, 5.41) is 5.36. The summed E-state index contributed by atoms with van der Waals surface area (Å²) in [6.07, 6.45) is 1.77. The molecule has 1 heterocycles. The molecule has 1 aliphatic heterocycles. The van der Waals surface area contributed by atoms with Crippen LogP contribution in [0.1, 0.15) is 11.1 Å². The molecule has 0 aromatic heterocycles. The molecule has 0 fully saturated rings. The first-order valence-electron chi connectivity index (χ1n) is 6.07. The molecule has 2 aromatic rings. The van der Waals surface area contributed by atoms with Crippen molar-refractivity contribution in [2.45, 2.75) is 11.8 Å². The van der Waals surface area contributed by atoms with Crippen molar-refractivity contribution in [2.24, 2.45) is 4.99 Å². The molecular formula is C15H13ClN3. The lowest BCUT2D eigenvalue weighted by Crippen LogP contribution is -2.46. The van der Waals surface area contributed by atoms with Crippen molar-refractivity contribution in [1.29, 1.82) is 0 Å². The first-order valence-corrected chi connectivity index (χ1v) is 6.44. The maximum atomic E-state index is 6.42. The Morgan fingerprint density at radius 1 is 1.26 bits per heavy atom. The van der Waals surface area contributed by atoms with E-state index in [1.54, 1.807) is 6.21 Å². The van der Waals surface area contributed by atoms with Crippen molar-refractivity contribution in [1.82, 2.24) is 5.32 Å². The fourth-order valence-electron chi connectivity index (χ4n) is 1.94. The van der Waals surface area contributed by atoms with Gasteiger partial charge in [0, 0.05) is 24.0 Å². The summed E-state index contributed by atoms with van der Waals surface area (Å²) >= 11 is 6.42. The van der Waals surface area contributed by atoms with Gasteiger partial charge >= 0.3 is 0 Å². The molecular weight excluding hydrogens is 258 g/mol. The molecule has 1 radical (unpaired) electrons. The van der Waals surface area contributed by atoms with E-state index in [0.29, 0.717) is 6.54 Å². The lowest BCUT2D eigenvalue weighted by Gasteiger charge is -2.30. The molecule has 2 aromatic carbocycles. The number of aliphatic imine (C=N–C) groups is 1. The SMILES string of the molecule is ClC1(NCc2ccccc2)N=Cc2cc[c]cc2N1. The number of alkyl halides is 1. The van der Waals surface area contributed by atoms with E-state index in [1.807, 2.05) is 48.5 Å². The maximum Gasteiger partial charge on any atom is 0.265 e. The number of nitrogens with zero attached hydrogens (tertiary/aromatic N) is 1. The highest BCUT2D eigenvalue weighted by Crippen LogP contribution is 2.25. The van der Waals surface area contributed by atoms with Gasteiger partial charge in [0.05, 0.1) is 0 Å². The number of hydrogen-bond donors (Lipinski definition) is 2. The van der Waals surface area contributed by atoms with Gasteiger partial charge in [0.15, 0.2) is 0 Å². The first-order chi connectivity index (χ1) is 9.25. The average Bonchev–Trinajstić information content (AvgIpc) is 2.46. The van der Waals surface area contributed by atoms with Crippen LogP contribution in [0.3, 0.4) is 0 Å². The topological polar surface area (TPSA) is 36.4 Å². The summed E-state index contributed by atoms with van der Waals surface area (Å²) < 4.78 is 0. The molecule has 4 heteroatoms. The van der Waals surface area contributed by atoms with Crippen LogP contribution < -0.4 is 10.6 Å². The van der Waals surface area contributed by atoms with Crippen LogP contribution in [0.15, 0.2) is 53.5 Å². The molecule has 0 saturated carbocycles. The lowest BCUT2D eigenvalue weighted by molar-refractivity contribution is 0.522. The minimum atomic E-state index is -1.00. The third-order valence-corrected chi connectivity index (χ3v) is 3.27. The fourth-order valence-corrected chi connectivity index (χ4v) is 2.15. The summed E-state index contributed by atoms with van der Waals surface area (Å²) in [6, 6.07) is 18.8. The van der Waals surface area contributed by atoms with E-state index in [9.17, 15) is 0 Å². The van der Waals surface area contributed by atoms with E-state index in [2.05, 4.69) is 21.7 Å². The van der Waals surface area contributed by atoms with Gasteiger partial charge in [-0.1, -0.05) is 54.1 Å². The van der Waals surface area contributed by atoms with E-state index >= 15 is 0 Å². The van der Waals surface area contributed by atoms with Crippen molar-refractivity contribution in [3.8, 4) is 0 Å². The minimum absolute atomic E-state index is 0.639. The summed E-state index contributed by atoms with van der Waals surface area (Å²) in [5.74, 6) is 0. The molecule has 2 N–H and O–H groups in total. The number of nitrogens with one attached hydrogen (secondary N) is 2. The standard InChI is InChI=1S/C15H13ClN3/c16-15(17-10-12-6-2-1-3-7-12)18-11-13-8-4-5-9-14(13)19-15/h1-4,6-9,11,17,19H,10H2. The Bertz CT molecular complexity index is 597. The predicted molar refractivity (Wildman–Crippen MR) is 78.4 cm³/mol. The van der Waals surface area contributed by atoms with Crippen LogP contribution in [0.4, 0.5) is 5.69 Å². The van der Waals surface area contributed by atoms with Crippen molar-refractivity contribution < 1.29 is 0 Å². The van der Waals surface area contributed by atoms with Crippen molar-refractivity contribution >= 4 is 23.5 Å². The van der Waals surface area contributed by atoms with E-state index in [-0.39, 0.29) is 0 Å². The zero-order valence-electron chi connectivity index (χ0n) is 10.2. The molecule has 0 spiro atoms. The van der Waals surface area contributed by atoms with Crippen LogP contribution >= 0.6 is 11.6 Å². The summed E-state index contributed by atoms with van der Waals surface area (Å²) in [4.78, 5) is 4.32. The Hall–Kier alpha value is -1.84. The van der Waals surface area contributed by atoms with E-state index < -0.39 is 5.25 Å². The number of benzene rings is 2. The average molecular weight is 271 g/mol. The second-order valence-electron chi connectivity index (χ2n) is 4.36. The smallest absolute Gasteiger partial charge is 0.265 e. The summed E-state index contributed by atoms with van der Waals surface area (Å²) in [5.41, 5.74) is 3.09. The monoisotopic (exact) mass is 270 g/mol. The van der Waals surface area contributed by atoms with Gasteiger partial charge in [0.25, 0.3) is 5.25 Å². The quantitative estimate of drug-likeness (QED) is 0.665. The number of hydrogen-bond acceptors (Lipinski definition) is 3. The zero-order chi connectivity index (χ0) is 13.1. The third-order valence-electron chi connectivity index (χ3n) is 2.95. The van der Waals surface area contributed by atoms with Gasteiger partial charge in [-0.25, -0.2) is 4.99 Å². The second kappa shape index (κ2) is 5.03. The molecule has 1 atom stereocenters. The van der Waals surface area contributed by atoms with Gasteiger partial charge in [-0.05, 0) is 17.7 Å². The van der Waals surface area contributed by atoms with E-state index in [0.717, 1.165) is 16.8 Å². The molecule has 0 bridgehead atoms. The highest BCUT2D eigenvalue weighted by Gasteiger charge is 2.28. The minimum Gasteiger partial charge on any atom is -0.335 e. The maximum absolute atomic E-state index is 6.42. The molecule has 3 nitrogen and oxygen atoms in total. The third kappa shape index (κ3) is 2.78. The highest BCUT2D eigenvalue weighted by atomic mass is 35.5. The molecule has 0 saturated heterocycles. The number of anilines is 1. The Morgan fingerprint density at radius 3 is 2.95 bits per heavy atom. The fraction of sp³-hybridized carbons (Fsp3) is 0.133. The van der Waals surface area contributed by atoms with Gasteiger partial charge in [-0.3, -0.25) is 5.32 Å². The Kier molecular flexibility index (Phi) is 3.23. The normalized spacial score (nSPS) is 20.7. The largest absolute Gasteiger partial charge is 0.335 e. The van der Waals surface area contributed by atoms with Crippen LogP contribution in [0.5, 0.6) is 0 Å². The molecule has 95 valence electrons. The zero-order valence-corrected chi connectivity index (χ0v) is 11.0. The van der Waals surface area contributed by atoms with Gasteiger partial charge < -0.3 is 5.32 Å². The number of fused-ring (bicyclic) bond motifs is 1. The Morgan fingerprint density at radius 2 is 2.11 bits per heavy atom. The van der Waals surface area contributed by atoms with E-state index in [1.165, 1.54) is 0 Å². The van der Waals surface area contributed by atoms with Gasteiger partial charge in [0.1, 0.15) is 0 Å². The van der Waals surface area contributed by atoms with Crippen LogP contribution in [-0.4, -0.2) is 11.5 Å². The van der Waals surface area contributed by atoms with Gasteiger partial charge in [-0.15, -0.1) is 0 Å². The molecule has 0 aliphatic carbocycles. The molecule has 3 rings (SSSR count). The summed E-state index contributed by atoms with van der Waals surface area (Å²) in [7, 11) is 0. The lowest BCUT2D eigenvalue weighted by atomic mass is 10.1. The van der Waals surface area contributed by atoms with E-state index in [4.69, 9.17) is 11.6 Å². The molecule has 19 heavy (non-hydrogen) atoms.